The fraction of sp³-hybridized carbons (Fsp3) is 0.125. The maximum Gasteiger partial charge on any atom is 0.188 e. The lowest BCUT2D eigenvalue weighted by Crippen LogP contribution is -2.11. The number of benzene rings is 1. The van der Waals surface area contributed by atoms with Gasteiger partial charge in [0.05, 0.1) is 29.5 Å². The molecule has 1 atom stereocenters. The molecular formula is C16H12N4O. The van der Waals surface area contributed by atoms with Gasteiger partial charge >= 0.3 is 0 Å². The fourth-order valence-corrected chi connectivity index (χ4v) is 2.31. The minimum atomic E-state index is -0.835. The van der Waals surface area contributed by atoms with Gasteiger partial charge in [-0.1, -0.05) is 29.8 Å². The molecule has 2 aromatic heterocycles. The number of fused-ring (bicyclic) bond motifs is 1. The standard InChI is InChI=1S/C16H12N4O/c1-11-3-2-4-12(7-11)13(8-17)16(21)14-9-19-20-6-5-18-10-15(14)20/h2-7,9-10,13H,1H3. The molecule has 1 aromatic carbocycles. The van der Waals surface area contributed by atoms with Crippen LogP contribution in [0, 0.1) is 18.3 Å². The lowest BCUT2D eigenvalue weighted by Gasteiger charge is -2.08. The smallest absolute Gasteiger partial charge is 0.188 e. The molecule has 0 N–H and O–H groups in total. The van der Waals surface area contributed by atoms with Gasteiger partial charge in [-0.15, -0.1) is 0 Å². The van der Waals surface area contributed by atoms with E-state index in [-0.39, 0.29) is 5.78 Å². The van der Waals surface area contributed by atoms with Crippen LogP contribution >= 0.6 is 0 Å². The highest BCUT2D eigenvalue weighted by atomic mass is 16.1. The molecule has 1 unspecified atom stereocenters. The monoisotopic (exact) mass is 276 g/mol. The third-order valence-corrected chi connectivity index (χ3v) is 3.36. The van der Waals surface area contributed by atoms with Crippen LogP contribution < -0.4 is 0 Å². The van der Waals surface area contributed by atoms with Crippen LogP contribution in [-0.4, -0.2) is 20.4 Å². The molecule has 3 rings (SSSR count). The average Bonchev–Trinajstić information content (AvgIpc) is 2.92. The maximum atomic E-state index is 12.7. The van der Waals surface area contributed by atoms with E-state index in [0.29, 0.717) is 16.6 Å². The van der Waals surface area contributed by atoms with Crippen molar-refractivity contribution in [3.05, 3.63) is 65.7 Å². The molecule has 5 heteroatoms. The van der Waals surface area contributed by atoms with E-state index >= 15 is 0 Å². The molecule has 0 amide bonds. The van der Waals surface area contributed by atoms with Crippen molar-refractivity contribution in [3.63, 3.8) is 0 Å². The van der Waals surface area contributed by atoms with E-state index in [0.717, 1.165) is 5.56 Å². The summed E-state index contributed by atoms with van der Waals surface area (Å²) >= 11 is 0. The highest BCUT2D eigenvalue weighted by Gasteiger charge is 2.24. The summed E-state index contributed by atoms with van der Waals surface area (Å²) in [4.78, 5) is 16.7. The van der Waals surface area contributed by atoms with E-state index in [1.165, 1.54) is 6.20 Å². The van der Waals surface area contributed by atoms with Crippen LogP contribution in [0.15, 0.2) is 49.1 Å². The van der Waals surface area contributed by atoms with Crippen LogP contribution in [0.4, 0.5) is 0 Å². The molecule has 0 saturated heterocycles. The molecule has 0 fully saturated rings. The zero-order valence-electron chi connectivity index (χ0n) is 11.4. The Labute approximate surface area is 121 Å². The van der Waals surface area contributed by atoms with Gasteiger partial charge in [-0.2, -0.15) is 10.4 Å². The number of carbonyl (C=O) groups is 1. The van der Waals surface area contributed by atoms with E-state index in [4.69, 9.17) is 0 Å². The third-order valence-electron chi connectivity index (χ3n) is 3.36. The number of hydrogen-bond donors (Lipinski definition) is 0. The van der Waals surface area contributed by atoms with Crippen molar-refractivity contribution in [3.8, 4) is 6.07 Å². The predicted octanol–water partition coefficient (Wildman–Crippen LogP) is 2.53. The number of nitrogens with zero attached hydrogens (tertiary/aromatic N) is 4. The first-order chi connectivity index (χ1) is 10.2. The number of hydrogen-bond acceptors (Lipinski definition) is 4. The Hall–Kier alpha value is -3.00. The fourth-order valence-electron chi connectivity index (χ4n) is 2.31. The van der Waals surface area contributed by atoms with Gasteiger partial charge in [0, 0.05) is 12.4 Å². The molecule has 2 heterocycles. The van der Waals surface area contributed by atoms with Gasteiger partial charge in [-0.25, -0.2) is 4.52 Å². The quantitative estimate of drug-likeness (QED) is 0.689. The van der Waals surface area contributed by atoms with Gasteiger partial charge in [0.2, 0.25) is 0 Å². The summed E-state index contributed by atoms with van der Waals surface area (Å²) in [6, 6.07) is 9.52. The Morgan fingerprint density at radius 1 is 1.38 bits per heavy atom. The van der Waals surface area contributed by atoms with Crippen LogP contribution in [0.5, 0.6) is 0 Å². The number of nitriles is 1. The second-order valence-electron chi connectivity index (χ2n) is 4.80. The molecule has 0 aliphatic carbocycles. The molecular weight excluding hydrogens is 264 g/mol. The summed E-state index contributed by atoms with van der Waals surface area (Å²) in [7, 11) is 0. The van der Waals surface area contributed by atoms with Crippen molar-refractivity contribution in [2.24, 2.45) is 0 Å². The molecule has 21 heavy (non-hydrogen) atoms. The van der Waals surface area contributed by atoms with E-state index in [9.17, 15) is 10.1 Å². The second kappa shape index (κ2) is 5.17. The summed E-state index contributed by atoms with van der Waals surface area (Å²) in [5.74, 6) is -1.09. The third kappa shape index (κ3) is 2.28. The highest BCUT2D eigenvalue weighted by molar-refractivity contribution is 6.07. The normalized spacial score (nSPS) is 12.0. The maximum absolute atomic E-state index is 12.7. The molecule has 0 aliphatic heterocycles. The lowest BCUT2D eigenvalue weighted by atomic mass is 9.91. The Kier molecular flexibility index (Phi) is 3.20. The van der Waals surface area contributed by atoms with Crippen molar-refractivity contribution < 1.29 is 4.79 Å². The first-order valence-corrected chi connectivity index (χ1v) is 6.48. The number of aromatic nitrogens is 3. The van der Waals surface area contributed by atoms with E-state index < -0.39 is 5.92 Å². The molecule has 0 aliphatic rings. The second-order valence-corrected chi connectivity index (χ2v) is 4.80. The average molecular weight is 276 g/mol. The van der Waals surface area contributed by atoms with Crippen LogP contribution in [-0.2, 0) is 0 Å². The summed E-state index contributed by atoms with van der Waals surface area (Å²) in [6.07, 6.45) is 6.32. The van der Waals surface area contributed by atoms with Gasteiger partial charge in [0.15, 0.2) is 5.78 Å². The van der Waals surface area contributed by atoms with Crippen LogP contribution in [0.25, 0.3) is 5.52 Å². The molecule has 3 aromatic rings. The van der Waals surface area contributed by atoms with Crippen molar-refractivity contribution in [1.29, 1.82) is 5.26 Å². The minimum Gasteiger partial charge on any atom is -0.292 e. The van der Waals surface area contributed by atoms with E-state index in [1.807, 2.05) is 25.1 Å². The number of ketones is 1. The summed E-state index contributed by atoms with van der Waals surface area (Å²) in [5.41, 5.74) is 2.74. The van der Waals surface area contributed by atoms with Gasteiger partial charge in [-0.05, 0) is 12.5 Å². The van der Waals surface area contributed by atoms with E-state index in [1.54, 1.807) is 29.2 Å². The van der Waals surface area contributed by atoms with Crippen molar-refractivity contribution >= 4 is 11.3 Å². The largest absolute Gasteiger partial charge is 0.292 e. The topological polar surface area (TPSA) is 71.0 Å². The van der Waals surface area contributed by atoms with Crippen LogP contribution in [0.1, 0.15) is 27.4 Å². The molecule has 0 bridgehead atoms. The Balaban J connectivity index is 2.06. The summed E-state index contributed by atoms with van der Waals surface area (Å²) < 4.78 is 1.57. The van der Waals surface area contributed by atoms with Crippen LogP contribution in [0.2, 0.25) is 0 Å². The molecule has 0 saturated carbocycles. The van der Waals surface area contributed by atoms with Gasteiger partial charge in [0.25, 0.3) is 0 Å². The molecule has 0 radical (unpaired) electrons. The van der Waals surface area contributed by atoms with Gasteiger partial charge < -0.3 is 0 Å². The number of carbonyl (C=O) groups excluding carboxylic acids is 1. The number of aryl methyl sites for hydroxylation is 1. The van der Waals surface area contributed by atoms with Crippen molar-refractivity contribution in [2.75, 3.05) is 0 Å². The Morgan fingerprint density at radius 2 is 2.24 bits per heavy atom. The molecule has 102 valence electrons. The van der Waals surface area contributed by atoms with Gasteiger partial charge in [0.1, 0.15) is 5.92 Å². The zero-order chi connectivity index (χ0) is 14.8. The molecule has 0 spiro atoms. The highest BCUT2D eigenvalue weighted by Crippen LogP contribution is 2.23. The molecule has 5 nitrogen and oxygen atoms in total. The zero-order valence-corrected chi connectivity index (χ0v) is 11.4. The van der Waals surface area contributed by atoms with Crippen LogP contribution in [0.3, 0.4) is 0 Å². The Morgan fingerprint density at radius 3 is 3.00 bits per heavy atom. The number of Topliss-reactive ketones (excluding diaryl/α,β-unsaturated/α-hetero) is 1. The minimum absolute atomic E-state index is 0.258. The first-order valence-electron chi connectivity index (χ1n) is 6.48. The lowest BCUT2D eigenvalue weighted by molar-refractivity contribution is 0.0980. The number of rotatable bonds is 3. The summed E-state index contributed by atoms with van der Waals surface area (Å²) in [6.45, 7) is 1.93. The van der Waals surface area contributed by atoms with Gasteiger partial charge in [-0.3, -0.25) is 9.78 Å². The van der Waals surface area contributed by atoms with Crippen molar-refractivity contribution in [2.45, 2.75) is 12.8 Å². The first kappa shape index (κ1) is 13.0. The Bertz CT molecular complexity index is 860. The predicted molar refractivity (Wildman–Crippen MR) is 76.9 cm³/mol. The van der Waals surface area contributed by atoms with E-state index in [2.05, 4.69) is 16.2 Å². The SMILES string of the molecule is Cc1cccc(C(C#N)C(=O)c2cnn3ccncc23)c1. The summed E-state index contributed by atoms with van der Waals surface area (Å²) in [5, 5.41) is 13.5. The van der Waals surface area contributed by atoms with Crippen molar-refractivity contribution in [1.82, 2.24) is 14.6 Å².